The number of hydrogen-bond donors (Lipinski definition) is 2. The Labute approximate surface area is 185 Å². The van der Waals surface area contributed by atoms with E-state index < -0.39 is 5.91 Å². The van der Waals surface area contributed by atoms with Crippen LogP contribution in [0.25, 0.3) is 0 Å². The summed E-state index contributed by atoms with van der Waals surface area (Å²) in [6, 6.07) is 21.9. The summed E-state index contributed by atoms with van der Waals surface area (Å²) >= 11 is 6.14. The summed E-state index contributed by atoms with van der Waals surface area (Å²) < 4.78 is 5.77. The van der Waals surface area contributed by atoms with Crippen LogP contribution in [-0.4, -0.2) is 24.6 Å². The third-order valence-corrected chi connectivity index (χ3v) is 4.71. The molecule has 0 aromatic heterocycles. The predicted molar refractivity (Wildman–Crippen MR) is 121 cm³/mol. The summed E-state index contributed by atoms with van der Waals surface area (Å²) in [4.78, 5) is 23.9. The Balaban J connectivity index is 1.46. The first kappa shape index (κ1) is 22.1. The molecular formula is C24H22ClN3O3. The summed E-state index contributed by atoms with van der Waals surface area (Å²) in [7, 11) is 0. The number of aryl methyl sites for hydroxylation is 1. The van der Waals surface area contributed by atoms with Gasteiger partial charge in [-0.25, -0.2) is 5.43 Å². The van der Waals surface area contributed by atoms with E-state index in [1.165, 1.54) is 6.21 Å². The Morgan fingerprint density at radius 2 is 1.81 bits per heavy atom. The number of benzene rings is 3. The highest BCUT2D eigenvalue weighted by Crippen LogP contribution is 2.19. The van der Waals surface area contributed by atoms with Crippen LogP contribution >= 0.6 is 11.6 Å². The molecule has 31 heavy (non-hydrogen) atoms. The standard InChI is InChI=1S/C24H22ClN3O3/c1-17-9-11-19(12-10-17)24(30)26-15-23(29)28-27-14-18-5-4-7-21(13-18)31-16-20-6-2-3-8-22(20)25/h2-14H,15-16H2,1H3,(H,26,30)(H,28,29)/b27-14+. The molecule has 0 atom stereocenters. The monoisotopic (exact) mass is 435 g/mol. The van der Waals surface area contributed by atoms with Crippen molar-refractivity contribution in [3.63, 3.8) is 0 Å². The predicted octanol–water partition coefficient (Wildman–Crippen LogP) is 4.11. The molecule has 0 aliphatic rings. The number of nitrogens with zero attached hydrogens (tertiary/aromatic N) is 1. The van der Waals surface area contributed by atoms with Gasteiger partial charge in [0.25, 0.3) is 11.8 Å². The molecule has 0 fully saturated rings. The molecule has 0 heterocycles. The minimum Gasteiger partial charge on any atom is -0.489 e. The van der Waals surface area contributed by atoms with Gasteiger partial charge in [0, 0.05) is 16.1 Å². The molecule has 2 amide bonds. The molecule has 0 unspecified atom stereocenters. The Bertz CT molecular complexity index is 1080. The molecule has 0 aliphatic carbocycles. The van der Waals surface area contributed by atoms with Gasteiger partial charge < -0.3 is 10.1 Å². The van der Waals surface area contributed by atoms with Gasteiger partial charge in [-0.05, 0) is 42.8 Å². The van der Waals surface area contributed by atoms with Crippen LogP contribution in [0.1, 0.15) is 27.0 Å². The largest absolute Gasteiger partial charge is 0.489 e. The highest BCUT2D eigenvalue weighted by atomic mass is 35.5. The number of hydrogen-bond acceptors (Lipinski definition) is 4. The van der Waals surface area contributed by atoms with E-state index in [0.29, 0.717) is 22.9 Å². The fourth-order valence-electron chi connectivity index (χ4n) is 2.65. The van der Waals surface area contributed by atoms with E-state index in [0.717, 1.165) is 16.7 Å². The van der Waals surface area contributed by atoms with Gasteiger partial charge in [-0.3, -0.25) is 9.59 Å². The van der Waals surface area contributed by atoms with Gasteiger partial charge in [0.15, 0.2) is 0 Å². The van der Waals surface area contributed by atoms with Crippen LogP contribution < -0.4 is 15.5 Å². The van der Waals surface area contributed by atoms with E-state index in [9.17, 15) is 9.59 Å². The van der Waals surface area contributed by atoms with Crippen LogP contribution in [0.2, 0.25) is 5.02 Å². The van der Waals surface area contributed by atoms with E-state index in [4.69, 9.17) is 16.3 Å². The van der Waals surface area contributed by atoms with E-state index >= 15 is 0 Å². The maximum absolute atomic E-state index is 12.0. The van der Waals surface area contributed by atoms with Crippen molar-refractivity contribution in [3.05, 3.63) is 100 Å². The quantitative estimate of drug-likeness (QED) is 0.413. The molecule has 0 radical (unpaired) electrons. The molecule has 0 aliphatic heterocycles. The van der Waals surface area contributed by atoms with Crippen LogP contribution in [-0.2, 0) is 11.4 Å². The van der Waals surface area contributed by atoms with Gasteiger partial charge in [-0.1, -0.05) is 59.6 Å². The van der Waals surface area contributed by atoms with Gasteiger partial charge in [0.05, 0.1) is 12.8 Å². The average Bonchev–Trinajstić information content (AvgIpc) is 2.78. The maximum Gasteiger partial charge on any atom is 0.259 e. The fourth-order valence-corrected chi connectivity index (χ4v) is 2.84. The molecule has 3 aromatic rings. The van der Waals surface area contributed by atoms with Crippen molar-refractivity contribution in [3.8, 4) is 5.75 Å². The van der Waals surface area contributed by atoms with E-state index in [2.05, 4.69) is 15.8 Å². The van der Waals surface area contributed by atoms with Crippen molar-refractivity contribution in [1.82, 2.24) is 10.7 Å². The van der Waals surface area contributed by atoms with Crippen molar-refractivity contribution >= 4 is 29.6 Å². The van der Waals surface area contributed by atoms with Crippen molar-refractivity contribution in [2.75, 3.05) is 6.54 Å². The number of halogens is 1. The second kappa shape index (κ2) is 10.9. The summed E-state index contributed by atoms with van der Waals surface area (Å²) in [5, 5.41) is 7.13. The molecule has 6 nitrogen and oxygen atoms in total. The number of carbonyl (C=O) groups is 2. The average molecular weight is 436 g/mol. The Morgan fingerprint density at radius 1 is 1.03 bits per heavy atom. The Morgan fingerprint density at radius 3 is 2.58 bits per heavy atom. The number of amides is 2. The zero-order valence-corrected chi connectivity index (χ0v) is 17.7. The van der Waals surface area contributed by atoms with Crippen LogP contribution in [0, 0.1) is 6.92 Å². The highest BCUT2D eigenvalue weighted by molar-refractivity contribution is 6.31. The second-order valence-corrected chi connectivity index (χ2v) is 7.20. The SMILES string of the molecule is Cc1ccc(C(=O)NCC(=O)N/N=C/c2cccc(OCc3ccccc3Cl)c2)cc1. The number of nitrogens with one attached hydrogen (secondary N) is 2. The molecule has 2 N–H and O–H groups in total. The molecule has 0 saturated carbocycles. The molecule has 3 aromatic carbocycles. The molecule has 0 spiro atoms. The Hall–Kier alpha value is -3.64. The topological polar surface area (TPSA) is 79.8 Å². The lowest BCUT2D eigenvalue weighted by molar-refractivity contribution is -0.120. The molecule has 0 saturated heterocycles. The minimum atomic E-state index is -0.428. The normalized spacial score (nSPS) is 10.6. The zero-order valence-electron chi connectivity index (χ0n) is 17.0. The minimum absolute atomic E-state index is 0.176. The van der Waals surface area contributed by atoms with E-state index in [1.54, 1.807) is 18.2 Å². The van der Waals surface area contributed by atoms with Crippen LogP contribution in [0.4, 0.5) is 0 Å². The first-order chi connectivity index (χ1) is 15.0. The van der Waals surface area contributed by atoms with Crippen LogP contribution in [0.5, 0.6) is 5.75 Å². The van der Waals surface area contributed by atoms with Gasteiger partial charge in [-0.15, -0.1) is 0 Å². The molecule has 158 valence electrons. The third kappa shape index (κ3) is 6.97. The summed E-state index contributed by atoms with van der Waals surface area (Å²) in [5.74, 6) is -0.0918. The number of hydrazone groups is 1. The molecule has 3 rings (SSSR count). The van der Waals surface area contributed by atoms with Crippen molar-refractivity contribution in [2.45, 2.75) is 13.5 Å². The summed E-state index contributed by atoms with van der Waals surface area (Å²) in [6.45, 7) is 2.11. The van der Waals surface area contributed by atoms with Crippen molar-refractivity contribution < 1.29 is 14.3 Å². The van der Waals surface area contributed by atoms with Gasteiger partial charge in [0.1, 0.15) is 12.4 Å². The number of carbonyl (C=O) groups excluding carboxylic acids is 2. The maximum atomic E-state index is 12.0. The van der Waals surface area contributed by atoms with Crippen LogP contribution in [0.3, 0.4) is 0 Å². The highest BCUT2D eigenvalue weighted by Gasteiger charge is 2.07. The lowest BCUT2D eigenvalue weighted by Crippen LogP contribution is -2.34. The Kier molecular flexibility index (Phi) is 7.79. The first-order valence-electron chi connectivity index (χ1n) is 9.64. The van der Waals surface area contributed by atoms with Gasteiger partial charge in [0.2, 0.25) is 0 Å². The second-order valence-electron chi connectivity index (χ2n) is 6.79. The van der Waals surface area contributed by atoms with Crippen molar-refractivity contribution in [1.29, 1.82) is 0 Å². The molecular weight excluding hydrogens is 414 g/mol. The van der Waals surface area contributed by atoms with E-state index in [-0.39, 0.29) is 12.5 Å². The number of rotatable bonds is 8. The smallest absolute Gasteiger partial charge is 0.259 e. The molecule has 7 heteroatoms. The molecule has 0 bridgehead atoms. The van der Waals surface area contributed by atoms with Crippen molar-refractivity contribution in [2.24, 2.45) is 5.10 Å². The van der Waals surface area contributed by atoms with E-state index in [1.807, 2.05) is 61.5 Å². The third-order valence-electron chi connectivity index (χ3n) is 4.34. The summed E-state index contributed by atoms with van der Waals surface area (Å²) in [5.41, 5.74) is 5.59. The zero-order chi connectivity index (χ0) is 22.1. The van der Waals surface area contributed by atoms with Gasteiger partial charge in [-0.2, -0.15) is 5.10 Å². The fraction of sp³-hybridized carbons (Fsp3) is 0.125. The van der Waals surface area contributed by atoms with Gasteiger partial charge >= 0.3 is 0 Å². The first-order valence-corrected chi connectivity index (χ1v) is 10.0. The lowest BCUT2D eigenvalue weighted by Gasteiger charge is -2.08. The van der Waals surface area contributed by atoms with Crippen LogP contribution in [0.15, 0.2) is 77.9 Å². The summed E-state index contributed by atoms with van der Waals surface area (Å²) in [6.07, 6.45) is 1.50. The lowest BCUT2D eigenvalue weighted by atomic mass is 10.1. The number of ether oxygens (including phenoxy) is 1.